The highest BCUT2D eigenvalue weighted by Gasteiger charge is 2.22. The number of hydrogen-bond donors (Lipinski definition) is 3. The van der Waals surface area contributed by atoms with Crippen molar-refractivity contribution in [3.63, 3.8) is 0 Å². The summed E-state index contributed by atoms with van der Waals surface area (Å²) in [4.78, 5) is 0. The molecule has 1 fully saturated rings. The summed E-state index contributed by atoms with van der Waals surface area (Å²) in [5.41, 5.74) is 1.56. The van der Waals surface area contributed by atoms with E-state index in [0.29, 0.717) is 11.3 Å². The Kier molecular flexibility index (Phi) is 3.45. The van der Waals surface area contributed by atoms with Gasteiger partial charge in [0.1, 0.15) is 0 Å². The molecule has 0 aromatic heterocycles. The highest BCUT2D eigenvalue weighted by molar-refractivity contribution is 7.81. The predicted molar refractivity (Wildman–Crippen MR) is 50.8 cm³/mol. The first-order valence-electron chi connectivity index (χ1n) is 3.43. The second-order valence-corrected chi connectivity index (χ2v) is 3.34. The first kappa shape index (κ1) is 8.30. The molecule has 0 aromatic rings. The highest BCUT2D eigenvalue weighted by atomic mass is 32.1. The van der Waals surface area contributed by atoms with E-state index in [4.69, 9.17) is 0 Å². The summed E-state index contributed by atoms with van der Waals surface area (Å²) in [7, 11) is 0. The second kappa shape index (κ2) is 4.16. The topological polar surface area (TPSA) is 24.1 Å². The molecule has 1 aliphatic rings. The summed E-state index contributed by atoms with van der Waals surface area (Å²) in [6, 6.07) is 0.488. The quantitative estimate of drug-likeness (QED) is 0.423. The minimum absolute atomic E-state index is 0.488. The summed E-state index contributed by atoms with van der Waals surface area (Å²) in [5, 5.41) is 6.82. The first-order valence-corrected chi connectivity index (χ1v) is 4.42. The largest absolute Gasteiger partial charge is 0.381 e. The van der Waals surface area contributed by atoms with E-state index in [1.54, 1.807) is 5.49 Å². The van der Waals surface area contributed by atoms with E-state index in [-0.39, 0.29) is 0 Å². The van der Waals surface area contributed by atoms with Gasteiger partial charge in [0.05, 0.1) is 5.49 Å². The van der Waals surface area contributed by atoms with Crippen molar-refractivity contribution < 1.29 is 0 Å². The molecule has 0 spiro atoms. The Balaban J connectivity index is 2.19. The van der Waals surface area contributed by atoms with E-state index in [1.807, 2.05) is 0 Å². The van der Waals surface area contributed by atoms with Crippen LogP contribution in [0.15, 0.2) is 0 Å². The third kappa shape index (κ3) is 2.11. The molecule has 0 amide bonds. The van der Waals surface area contributed by atoms with Crippen molar-refractivity contribution >= 4 is 30.3 Å². The smallest absolute Gasteiger partial charge is 0.0615 e. The molecule has 0 bridgehead atoms. The van der Waals surface area contributed by atoms with Gasteiger partial charge in [-0.15, -0.1) is 0 Å². The number of thiol groups is 1. The summed E-state index contributed by atoms with van der Waals surface area (Å²) in [6.07, 6.45) is 1.16. The van der Waals surface area contributed by atoms with Gasteiger partial charge < -0.3 is 10.6 Å². The molecule has 1 rings (SSSR count). The van der Waals surface area contributed by atoms with Crippen LogP contribution in [0.1, 0.15) is 6.42 Å². The molecule has 2 atom stereocenters. The van der Waals surface area contributed by atoms with Crippen LogP contribution in [0.3, 0.4) is 0 Å². The van der Waals surface area contributed by atoms with Crippen molar-refractivity contribution in [1.82, 2.24) is 10.6 Å². The molecule has 1 aliphatic heterocycles. The molecular formula is C6H12N2S2. The Morgan fingerprint density at radius 2 is 2.60 bits per heavy atom. The van der Waals surface area contributed by atoms with Gasteiger partial charge in [-0.2, -0.15) is 12.6 Å². The minimum Gasteiger partial charge on any atom is -0.381 e. The Bertz CT molecular complexity index is 118. The van der Waals surface area contributed by atoms with Crippen LogP contribution in [0.2, 0.25) is 0 Å². The normalized spacial score (nSPS) is 32.1. The summed E-state index contributed by atoms with van der Waals surface area (Å²) < 4.78 is 0. The number of hydrogen-bond acceptors (Lipinski definition) is 3. The molecule has 0 aromatic carbocycles. The maximum atomic E-state index is 4.64. The van der Waals surface area contributed by atoms with E-state index < -0.39 is 0 Å². The fourth-order valence-electron chi connectivity index (χ4n) is 1.14. The van der Waals surface area contributed by atoms with Crippen LogP contribution in [-0.4, -0.2) is 29.9 Å². The van der Waals surface area contributed by atoms with Gasteiger partial charge in [0.2, 0.25) is 0 Å². The Labute approximate surface area is 72.2 Å². The lowest BCUT2D eigenvalue weighted by Crippen LogP contribution is -2.37. The lowest BCUT2D eigenvalue weighted by molar-refractivity contribution is 0.603. The Morgan fingerprint density at radius 1 is 1.80 bits per heavy atom. The highest BCUT2D eigenvalue weighted by Crippen LogP contribution is 2.11. The summed E-state index contributed by atoms with van der Waals surface area (Å²) in [6.45, 7) is 1.98. The minimum atomic E-state index is 0.488. The number of nitrogens with one attached hydrogen (secondary N) is 2. The first-order chi connectivity index (χ1) is 4.84. The van der Waals surface area contributed by atoms with E-state index in [1.165, 1.54) is 0 Å². The summed E-state index contributed by atoms with van der Waals surface area (Å²) >= 11 is 9.05. The van der Waals surface area contributed by atoms with E-state index >= 15 is 0 Å². The van der Waals surface area contributed by atoms with Crippen molar-refractivity contribution in [2.75, 3.05) is 13.1 Å². The zero-order chi connectivity index (χ0) is 7.40. The van der Waals surface area contributed by atoms with Gasteiger partial charge in [0, 0.05) is 17.8 Å². The molecular weight excluding hydrogens is 164 g/mol. The molecule has 0 aliphatic carbocycles. The fraction of sp³-hybridized carbons (Fsp3) is 0.833. The van der Waals surface area contributed by atoms with Gasteiger partial charge in [-0.25, -0.2) is 0 Å². The van der Waals surface area contributed by atoms with Crippen LogP contribution in [0.5, 0.6) is 0 Å². The second-order valence-electron chi connectivity index (χ2n) is 2.44. The van der Waals surface area contributed by atoms with Crippen molar-refractivity contribution in [1.29, 1.82) is 0 Å². The van der Waals surface area contributed by atoms with Gasteiger partial charge in [-0.05, 0) is 13.0 Å². The number of rotatable bonds is 3. The predicted octanol–water partition coefficient (Wildman–Crippen LogP) is 0.193. The van der Waals surface area contributed by atoms with E-state index in [2.05, 4.69) is 35.5 Å². The Hall–Kier alpha value is 0.200. The molecule has 1 saturated heterocycles. The zero-order valence-corrected chi connectivity index (χ0v) is 7.42. The monoisotopic (exact) mass is 176 g/mol. The molecule has 2 unspecified atom stereocenters. The lowest BCUT2D eigenvalue weighted by Gasteiger charge is -2.13. The molecule has 0 radical (unpaired) electrons. The average Bonchev–Trinajstić information content (AvgIpc) is 2.31. The van der Waals surface area contributed by atoms with Gasteiger partial charge in [0.15, 0.2) is 0 Å². The summed E-state index contributed by atoms with van der Waals surface area (Å²) in [5.74, 6) is 0. The van der Waals surface area contributed by atoms with Crippen LogP contribution >= 0.6 is 24.8 Å². The van der Waals surface area contributed by atoms with Gasteiger partial charge in [0.25, 0.3) is 0 Å². The van der Waals surface area contributed by atoms with Crippen LogP contribution in [-0.2, 0) is 0 Å². The third-order valence-electron chi connectivity index (χ3n) is 1.73. The fourth-order valence-corrected chi connectivity index (χ4v) is 1.57. The molecule has 0 saturated carbocycles. The van der Waals surface area contributed by atoms with E-state index in [9.17, 15) is 0 Å². The van der Waals surface area contributed by atoms with Crippen LogP contribution in [0.4, 0.5) is 0 Å². The molecule has 2 nitrogen and oxygen atoms in total. The lowest BCUT2D eigenvalue weighted by atomic mass is 10.2. The molecule has 1 heterocycles. The van der Waals surface area contributed by atoms with Crippen molar-refractivity contribution in [3.05, 3.63) is 0 Å². The van der Waals surface area contributed by atoms with Gasteiger partial charge >= 0.3 is 0 Å². The molecule has 2 N–H and O–H groups in total. The zero-order valence-electron chi connectivity index (χ0n) is 5.71. The van der Waals surface area contributed by atoms with E-state index in [0.717, 1.165) is 19.5 Å². The van der Waals surface area contributed by atoms with Crippen LogP contribution in [0, 0.1) is 0 Å². The van der Waals surface area contributed by atoms with Gasteiger partial charge in [-0.1, -0.05) is 12.2 Å². The molecule has 58 valence electrons. The Morgan fingerprint density at radius 3 is 3.10 bits per heavy atom. The molecule has 10 heavy (non-hydrogen) atoms. The SMILES string of the molecule is S=CNCC1NCCC1S. The molecule has 4 heteroatoms. The third-order valence-corrected chi connectivity index (χ3v) is 2.52. The van der Waals surface area contributed by atoms with Crippen molar-refractivity contribution in [2.24, 2.45) is 0 Å². The van der Waals surface area contributed by atoms with Gasteiger partial charge in [-0.3, -0.25) is 0 Å². The average molecular weight is 176 g/mol. The maximum absolute atomic E-state index is 4.64. The van der Waals surface area contributed by atoms with Crippen LogP contribution < -0.4 is 10.6 Å². The number of thiocarbonyl (C=S) groups is 1. The van der Waals surface area contributed by atoms with Crippen molar-refractivity contribution in [2.45, 2.75) is 17.7 Å². The maximum Gasteiger partial charge on any atom is 0.0615 e. The standard InChI is InChI=1S/C6H12N2S2/c9-4-7-3-5-6(10)1-2-8-5/h4-6,8,10H,1-3H2,(H,7,9). The van der Waals surface area contributed by atoms with Crippen LogP contribution in [0.25, 0.3) is 0 Å². The van der Waals surface area contributed by atoms with Crippen molar-refractivity contribution in [3.8, 4) is 0 Å².